The zero-order chi connectivity index (χ0) is 18.6. The molecule has 25 heavy (non-hydrogen) atoms. The number of amides is 2. The molecule has 0 radical (unpaired) electrons. The Bertz CT molecular complexity index is 660. The van der Waals surface area contributed by atoms with Gasteiger partial charge in [0.1, 0.15) is 6.04 Å². The summed E-state index contributed by atoms with van der Waals surface area (Å²) >= 11 is 4.62. The Morgan fingerprint density at radius 2 is 1.96 bits per heavy atom. The van der Waals surface area contributed by atoms with E-state index in [1.165, 1.54) is 7.05 Å². The molecule has 1 aliphatic heterocycles. The van der Waals surface area contributed by atoms with Crippen molar-refractivity contribution in [2.45, 2.75) is 44.4 Å². The van der Waals surface area contributed by atoms with E-state index in [0.717, 1.165) is 12.0 Å². The summed E-state index contributed by atoms with van der Waals surface area (Å²) in [4.78, 5) is 37.7. The number of ketones is 1. The molecule has 0 bridgehead atoms. The summed E-state index contributed by atoms with van der Waals surface area (Å²) in [6.45, 7) is 4.14. The number of benzene rings is 1. The SMILES string of the molecule is CNC(=O)C1Cc2ccccc2C(=O)[C@@H]([C@@H](S)CC(C)C)CC(=O)N1. The molecule has 6 heteroatoms. The molecule has 1 aromatic carbocycles. The van der Waals surface area contributed by atoms with Crippen LogP contribution in [0.2, 0.25) is 0 Å². The van der Waals surface area contributed by atoms with Gasteiger partial charge in [0.2, 0.25) is 11.8 Å². The molecule has 1 unspecified atom stereocenters. The fraction of sp³-hybridized carbons (Fsp3) is 0.526. The molecule has 0 aromatic heterocycles. The van der Waals surface area contributed by atoms with Gasteiger partial charge in [-0.05, 0) is 17.9 Å². The van der Waals surface area contributed by atoms with Gasteiger partial charge in [0.05, 0.1) is 0 Å². The van der Waals surface area contributed by atoms with Gasteiger partial charge in [0.25, 0.3) is 0 Å². The predicted molar refractivity (Wildman–Crippen MR) is 101 cm³/mol. The van der Waals surface area contributed by atoms with E-state index in [-0.39, 0.29) is 29.3 Å². The highest BCUT2D eigenvalue weighted by molar-refractivity contribution is 7.81. The molecule has 1 aromatic rings. The number of fused-ring (bicyclic) bond motifs is 1. The third-order valence-electron chi connectivity index (χ3n) is 4.52. The predicted octanol–water partition coefficient (Wildman–Crippen LogP) is 2.01. The number of hydrogen-bond acceptors (Lipinski definition) is 4. The van der Waals surface area contributed by atoms with Crippen LogP contribution in [0.4, 0.5) is 0 Å². The molecule has 2 N–H and O–H groups in total. The summed E-state index contributed by atoms with van der Waals surface area (Å²) in [7, 11) is 1.54. The average molecular weight is 362 g/mol. The summed E-state index contributed by atoms with van der Waals surface area (Å²) in [6.07, 6.45) is 1.08. The molecule has 0 spiro atoms. The monoisotopic (exact) mass is 362 g/mol. The van der Waals surface area contributed by atoms with E-state index in [0.29, 0.717) is 17.9 Å². The average Bonchev–Trinajstić information content (AvgIpc) is 2.62. The number of thiol groups is 1. The minimum atomic E-state index is -0.686. The Kier molecular flexibility index (Phi) is 6.64. The van der Waals surface area contributed by atoms with Crippen LogP contribution in [0.25, 0.3) is 0 Å². The molecule has 0 saturated heterocycles. The molecule has 0 saturated carbocycles. The Hall–Kier alpha value is -1.82. The summed E-state index contributed by atoms with van der Waals surface area (Å²) in [6, 6.07) is 6.58. The number of Topliss-reactive ketones (excluding diaryl/α,β-unsaturated/α-hetero) is 1. The Morgan fingerprint density at radius 1 is 1.28 bits per heavy atom. The highest BCUT2D eigenvalue weighted by atomic mass is 32.1. The van der Waals surface area contributed by atoms with Crippen LogP contribution in [0.15, 0.2) is 24.3 Å². The molecule has 0 aliphatic carbocycles. The lowest BCUT2D eigenvalue weighted by atomic mass is 9.86. The maximum Gasteiger partial charge on any atom is 0.242 e. The Labute approximate surface area is 154 Å². The summed E-state index contributed by atoms with van der Waals surface area (Å²) < 4.78 is 0. The highest BCUT2D eigenvalue weighted by Gasteiger charge is 2.34. The van der Waals surface area contributed by atoms with Gasteiger partial charge in [-0.25, -0.2) is 0 Å². The molecule has 5 nitrogen and oxygen atoms in total. The van der Waals surface area contributed by atoms with E-state index >= 15 is 0 Å². The topological polar surface area (TPSA) is 75.3 Å². The van der Waals surface area contributed by atoms with Gasteiger partial charge in [0, 0.05) is 36.6 Å². The van der Waals surface area contributed by atoms with Crippen molar-refractivity contribution in [3.05, 3.63) is 35.4 Å². The van der Waals surface area contributed by atoms with Crippen molar-refractivity contribution < 1.29 is 14.4 Å². The largest absolute Gasteiger partial charge is 0.357 e. The van der Waals surface area contributed by atoms with Gasteiger partial charge in [0.15, 0.2) is 5.78 Å². The Balaban J connectivity index is 2.42. The maximum atomic E-state index is 13.1. The van der Waals surface area contributed by atoms with Gasteiger partial charge < -0.3 is 10.6 Å². The molecule has 3 atom stereocenters. The maximum absolute atomic E-state index is 13.1. The van der Waals surface area contributed by atoms with Gasteiger partial charge >= 0.3 is 0 Å². The van der Waals surface area contributed by atoms with Crippen LogP contribution < -0.4 is 10.6 Å². The number of carbonyl (C=O) groups excluding carboxylic acids is 3. The van der Waals surface area contributed by atoms with Crippen molar-refractivity contribution in [1.29, 1.82) is 0 Å². The molecule has 2 rings (SSSR count). The van der Waals surface area contributed by atoms with Crippen LogP contribution in [0.3, 0.4) is 0 Å². The van der Waals surface area contributed by atoms with Crippen molar-refractivity contribution in [2.75, 3.05) is 7.05 Å². The third-order valence-corrected chi connectivity index (χ3v) is 5.10. The van der Waals surface area contributed by atoms with E-state index in [1.807, 2.05) is 18.2 Å². The number of hydrogen-bond donors (Lipinski definition) is 3. The standard InChI is InChI=1S/C19H26N2O3S/c1-11(2)8-16(25)14-10-17(22)21-15(19(24)20-3)9-12-6-4-5-7-13(12)18(14)23/h4-7,11,14-16,25H,8-10H2,1-3H3,(H,20,24)(H,21,22)/t14-,15?,16+/m1/s1. The first kappa shape index (κ1) is 19.5. The summed E-state index contributed by atoms with van der Waals surface area (Å²) in [5.74, 6) is -0.750. The highest BCUT2D eigenvalue weighted by Crippen LogP contribution is 2.28. The number of nitrogens with one attached hydrogen (secondary N) is 2. The van der Waals surface area contributed by atoms with Gasteiger partial charge in [-0.1, -0.05) is 38.1 Å². The van der Waals surface area contributed by atoms with Crippen molar-refractivity contribution in [3.63, 3.8) is 0 Å². The zero-order valence-corrected chi connectivity index (χ0v) is 15.8. The summed E-state index contributed by atoms with van der Waals surface area (Å²) in [5, 5.41) is 5.14. The van der Waals surface area contributed by atoms with Gasteiger partial charge in [-0.15, -0.1) is 0 Å². The molecule has 0 fully saturated rings. The molecular weight excluding hydrogens is 336 g/mol. The number of carbonyl (C=O) groups is 3. The second-order valence-corrected chi connectivity index (χ2v) is 7.63. The number of rotatable bonds is 4. The van der Waals surface area contributed by atoms with Gasteiger partial charge in [-0.2, -0.15) is 12.6 Å². The van der Waals surface area contributed by atoms with Crippen LogP contribution >= 0.6 is 12.6 Å². The van der Waals surface area contributed by atoms with Crippen LogP contribution in [0.1, 0.15) is 42.6 Å². The number of likely N-dealkylation sites (N-methyl/N-ethyl adjacent to an activating group) is 1. The van der Waals surface area contributed by atoms with E-state index in [2.05, 4.69) is 37.1 Å². The zero-order valence-electron chi connectivity index (χ0n) is 14.9. The first-order chi connectivity index (χ1) is 11.8. The Morgan fingerprint density at radius 3 is 2.60 bits per heavy atom. The summed E-state index contributed by atoms with van der Waals surface area (Å²) in [5.41, 5.74) is 1.36. The second-order valence-electron chi connectivity index (χ2n) is 6.97. The molecular formula is C19H26N2O3S. The van der Waals surface area contributed by atoms with Gasteiger partial charge in [-0.3, -0.25) is 14.4 Å². The molecule has 136 valence electrons. The first-order valence-electron chi connectivity index (χ1n) is 8.64. The van der Waals surface area contributed by atoms with E-state index in [4.69, 9.17) is 0 Å². The van der Waals surface area contributed by atoms with E-state index < -0.39 is 12.0 Å². The minimum absolute atomic E-state index is 0.0432. The lowest BCUT2D eigenvalue weighted by Gasteiger charge is -2.23. The molecule has 2 amide bonds. The fourth-order valence-corrected chi connectivity index (χ4v) is 3.91. The first-order valence-corrected chi connectivity index (χ1v) is 9.16. The van der Waals surface area contributed by atoms with E-state index in [9.17, 15) is 14.4 Å². The smallest absolute Gasteiger partial charge is 0.242 e. The van der Waals surface area contributed by atoms with Crippen LogP contribution in [0, 0.1) is 11.8 Å². The van der Waals surface area contributed by atoms with Crippen molar-refractivity contribution in [2.24, 2.45) is 11.8 Å². The third kappa shape index (κ3) is 4.84. The quantitative estimate of drug-likeness (QED) is 0.717. The second kappa shape index (κ2) is 8.52. The molecule has 1 heterocycles. The van der Waals surface area contributed by atoms with Crippen molar-refractivity contribution >= 4 is 30.2 Å². The van der Waals surface area contributed by atoms with Crippen LogP contribution in [-0.4, -0.2) is 35.9 Å². The fourth-order valence-electron chi connectivity index (χ4n) is 3.25. The van der Waals surface area contributed by atoms with Crippen molar-refractivity contribution in [3.8, 4) is 0 Å². The van der Waals surface area contributed by atoms with Crippen molar-refractivity contribution in [1.82, 2.24) is 10.6 Å². The van der Waals surface area contributed by atoms with Crippen LogP contribution in [-0.2, 0) is 16.0 Å². The normalized spacial score (nSPS) is 22.3. The minimum Gasteiger partial charge on any atom is -0.357 e. The van der Waals surface area contributed by atoms with E-state index in [1.54, 1.807) is 6.07 Å². The van der Waals surface area contributed by atoms with Crippen LogP contribution in [0.5, 0.6) is 0 Å². The lowest BCUT2D eigenvalue weighted by Crippen LogP contribution is -2.47. The lowest BCUT2D eigenvalue weighted by molar-refractivity contribution is -0.129. The molecule has 1 aliphatic rings.